The second-order valence-corrected chi connectivity index (χ2v) is 6.36. The van der Waals surface area contributed by atoms with E-state index in [1.165, 1.54) is 0 Å². The van der Waals surface area contributed by atoms with Gasteiger partial charge in [0.1, 0.15) is 17.2 Å². The number of ether oxygens (including phenoxy) is 2. The molecule has 2 aromatic heterocycles. The van der Waals surface area contributed by atoms with Gasteiger partial charge in [-0.2, -0.15) is 0 Å². The van der Waals surface area contributed by atoms with Gasteiger partial charge >= 0.3 is 0 Å². The van der Waals surface area contributed by atoms with Crippen molar-refractivity contribution in [3.63, 3.8) is 0 Å². The zero-order valence-corrected chi connectivity index (χ0v) is 15.9. The molecule has 0 radical (unpaired) electrons. The van der Waals surface area contributed by atoms with Crippen LogP contribution in [0.3, 0.4) is 0 Å². The summed E-state index contributed by atoms with van der Waals surface area (Å²) in [4.78, 5) is 9.04. The lowest BCUT2D eigenvalue weighted by Crippen LogP contribution is -2.02. The summed E-state index contributed by atoms with van der Waals surface area (Å²) in [6, 6.07) is 20.0. The first kappa shape index (κ1) is 17.8. The summed E-state index contributed by atoms with van der Waals surface area (Å²) in [5.74, 6) is 1.63. The first-order valence-electron chi connectivity index (χ1n) is 9.02. The summed E-state index contributed by atoms with van der Waals surface area (Å²) >= 11 is 0. The number of methoxy groups -OCH3 is 2. The minimum Gasteiger partial charge on any atom is -0.497 e. The molecule has 28 heavy (non-hydrogen) atoms. The standard InChI is InChI=1S/C23H21N3O2/c1-27-19-9-5-7-17(13-19)15-26-16-25-22(20-10-3-4-11-21(20)28-2)23(26)18-8-6-12-24-14-18/h3-14,16H,15H2,1-2H3. The zero-order valence-electron chi connectivity index (χ0n) is 15.9. The molecular weight excluding hydrogens is 350 g/mol. The van der Waals surface area contributed by atoms with Crippen LogP contribution in [0.5, 0.6) is 11.5 Å². The molecular formula is C23H21N3O2. The molecule has 4 rings (SSSR count). The lowest BCUT2D eigenvalue weighted by Gasteiger charge is -2.13. The summed E-state index contributed by atoms with van der Waals surface area (Å²) < 4.78 is 13.1. The highest BCUT2D eigenvalue weighted by molar-refractivity contribution is 5.81. The molecule has 0 saturated heterocycles. The van der Waals surface area contributed by atoms with Gasteiger partial charge in [-0.1, -0.05) is 24.3 Å². The summed E-state index contributed by atoms with van der Waals surface area (Å²) in [5, 5.41) is 0. The van der Waals surface area contributed by atoms with Crippen molar-refractivity contribution in [1.29, 1.82) is 0 Å². The van der Waals surface area contributed by atoms with Crippen LogP contribution in [0.1, 0.15) is 5.56 Å². The molecule has 0 aliphatic carbocycles. The van der Waals surface area contributed by atoms with E-state index in [9.17, 15) is 0 Å². The molecule has 0 fully saturated rings. The fraction of sp³-hybridized carbons (Fsp3) is 0.130. The van der Waals surface area contributed by atoms with Gasteiger partial charge in [0.05, 0.1) is 26.2 Å². The topological polar surface area (TPSA) is 49.2 Å². The number of para-hydroxylation sites is 1. The molecule has 0 aliphatic heterocycles. The molecule has 0 N–H and O–H groups in total. The number of imidazole rings is 1. The number of nitrogens with zero attached hydrogens (tertiary/aromatic N) is 3. The second kappa shape index (κ2) is 7.96. The molecule has 0 aliphatic rings. The van der Waals surface area contributed by atoms with Crippen molar-refractivity contribution in [2.45, 2.75) is 6.54 Å². The molecule has 4 aromatic rings. The summed E-state index contributed by atoms with van der Waals surface area (Å²) in [5.41, 5.74) is 4.96. The second-order valence-electron chi connectivity index (χ2n) is 6.36. The van der Waals surface area contributed by atoms with Gasteiger partial charge in [-0.3, -0.25) is 4.98 Å². The van der Waals surface area contributed by atoms with Gasteiger partial charge in [0.25, 0.3) is 0 Å². The van der Waals surface area contributed by atoms with Gasteiger partial charge < -0.3 is 14.0 Å². The molecule has 0 saturated carbocycles. The Morgan fingerprint density at radius 2 is 1.82 bits per heavy atom. The van der Waals surface area contributed by atoms with E-state index in [1.54, 1.807) is 20.4 Å². The highest BCUT2D eigenvalue weighted by Crippen LogP contribution is 2.36. The quantitative estimate of drug-likeness (QED) is 0.494. The Morgan fingerprint density at radius 1 is 0.929 bits per heavy atom. The lowest BCUT2D eigenvalue weighted by atomic mass is 10.0. The Balaban J connectivity index is 1.84. The number of aromatic nitrogens is 3. The predicted molar refractivity (Wildman–Crippen MR) is 110 cm³/mol. The number of hydrogen-bond acceptors (Lipinski definition) is 4. The Labute approximate surface area is 164 Å². The van der Waals surface area contributed by atoms with Crippen LogP contribution in [0.2, 0.25) is 0 Å². The van der Waals surface area contributed by atoms with E-state index in [2.05, 4.69) is 15.6 Å². The normalized spacial score (nSPS) is 10.6. The van der Waals surface area contributed by atoms with Crippen molar-refractivity contribution in [3.8, 4) is 34.0 Å². The minimum atomic E-state index is 0.670. The van der Waals surface area contributed by atoms with Crippen LogP contribution in [-0.2, 0) is 6.54 Å². The van der Waals surface area contributed by atoms with Gasteiger partial charge in [0.15, 0.2) is 0 Å². The highest BCUT2D eigenvalue weighted by Gasteiger charge is 2.18. The molecule has 5 heteroatoms. The van der Waals surface area contributed by atoms with Crippen molar-refractivity contribution in [2.75, 3.05) is 14.2 Å². The minimum absolute atomic E-state index is 0.670. The molecule has 2 aromatic carbocycles. The predicted octanol–water partition coefficient (Wildman–Crippen LogP) is 4.68. The number of benzene rings is 2. The van der Waals surface area contributed by atoms with E-state index in [-0.39, 0.29) is 0 Å². The van der Waals surface area contributed by atoms with Crippen LogP contribution >= 0.6 is 0 Å². The first-order valence-corrected chi connectivity index (χ1v) is 9.02. The number of pyridine rings is 1. The van der Waals surface area contributed by atoms with Gasteiger partial charge in [-0.05, 0) is 42.0 Å². The fourth-order valence-corrected chi connectivity index (χ4v) is 3.31. The van der Waals surface area contributed by atoms with Gasteiger partial charge in [0.2, 0.25) is 0 Å². The third-order valence-electron chi connectivity index (χ3n) is 4.62. The number of hydrogen-bond donors (Lipinski definition) is 0. The van der Waals surface area contributed by atoms with E-state index in [0.717, 1.165) is 39.6 Å². The van der Waals surface area contributed by atoms with E-state index in [1.807, 2.05) is 67.1 Å². The third-order valence-corrected chi connectivity index (χ3v) is 4.62. The van der Waals surface area contributed by atoms with Gasteiger partial charge in [-0.25, -0.2) is 4.98 Å². The fourth-order valence-electron chi connectivity index (χ4n) is 3.31. The maximum Gasteiger partial charge on any atom is 0.128 e. The maximum absolute atomic E-state index is 5.57. The molecule has 0 spiro atoms. The molecule has 0 atom stereocenters. The third kappa shape index (κ3) is 3.47. The summed E-state index contributed by atoms with van der Waals surface area (Å²) in [6.45, 7) is 0.670. The first-order chi connectivity index (χ1) is 13.8. The van der Waals surface area contributed by atoms with Crippen molar-refractivity contribution < 1.29 is 9.47 Å². The van der Waals surface area contributed by atoms with Crippen LogP contribution in [0.4, 0.5) is 0 Å². The van der Waals surface area contributed by atoms with Crippen LogP contribution in [-0.4, -0.2) is 28.8 Å². The molecule has 5 nitrogen and oxygen atoms in total. The molecule has 0 amide bonds. The summed E-state index contributed by atoms with van der Waals surface area (Å²) in [7, 11) is 3.35. The van der Waals surface area contributed by atoms with Crippen molar-refractivity contribution in [1.82, 2.24) is 14.5 Å². The average molecular weight is 371 g/mol. The van der Waals surface area contributed by atoms with Crippen molar-refractivity contribution >= 4 is 0 Å². The van der Waals surface area contributed by atoms with E-state index in [0.29, 0.717) is 6.54 Å². The average Bonchev–Trinajstić information content (AvgIpc) is 3.17. The molecule has 0 unspecified atom stereocenters. The van der Waals surface area contributed by atoms with Crippen LogP contribution < -0.4 is 9.47 Å². The Kier molecular flexibility index (Phi) is 5.06. The summed E-state index contributed by atoms with van der Waals surface area (Å²) in [6.07, 6.45) is 5.50. The van der Waals surface area contributed by atoms with Crippen molar-refractivity contribution in [3.05, 3.63) is 84.9 Å². The Morgan fingerprint density at radius 3 is 2.61 bits per heavy atom. The maximum atomic E-state index is 5.57. The SMILES string of the molecule is COc1cccc(Cn2cnc(-c3ccccc3OC)c2-c2cccnc2)c1. The van der Waals surface area contributed by atoms with Crippen LogP contribution in [0, 0.1) is 0 Å². The largest absolute Gasteiger partial charge is 0.497 e. The van der Waals surface area contributed by atoms with Gasteiger partial charge in [0, 0.05) is 30.1 Å². The van der Waals surface area contributed by atoms with Gasteiger partial charge in [-0.15, -0.1) is 0 Å². The Bertz CT molecular complexity index is 1070. The lowest BCUT2D eigenvalue weighted by molar-refractivity contribution is 0.414. The number of rotatable bonds is 6. The van der Waals surface area contributed by atoms with E-state index < -0.39 is 0 Å². The van der Waals surface area contributed by atoms with Crippen LogP contribution in [0.15, 0.2) is 79.4 Å². The molecule has 0 bridgehead atoms. The molecule has 140 valence electrons. The Hall–Kier alpha value is -3.60. The van der Waals surface area contributed by atoms with Crippen LogP contribution in [0.25, 0.3) is 22.5 Å². The van der Waals surface area contributed by atoms with E-state index in [4.69, 9.17) is 14.5 Å². The molecule has 2 heterocycles. The smallest absolute Gasteiger partial charge is 0.128 e. The zero-order chi connectivity index (χ0) is 19.3. The highest BCUT2D eigenvalue weighted by atomic mass is 16.5. The monoisotopic (exact) mass is 371 g/mol. The van der Waals surface area contributed by atoms with Crippen molar-refractivity contribution in [2.24, 2.45) is 0 Å². The van der Waals surface area contributed by atoms with E-state index >= 15 is 0 Å².